The van der Waals surface area contributed by atoms with Crippen molar-refractivity contribution < 1.29 is 14.3 Å². The summed E-state index contributed by atoms with van der Waals surface area (Å²) in [5, 5.41) is 2.93. The lowest BCUT2D eigenvalue weighted by atomic mass is 10.0. The van der Waals surface area contributed by atoms with Crippen LogP contribution in [0, 0.1) is 5.92 Å². The van der Waals surface area contributed by atoms with Crippen molar-refractivity contribution in [1.82, 2.24) is 5.32 Å². The van der Waals surface area contributed by atoms with E-state index in [0.717, 1.165) is 6.42 Å². The van der Waals surface area contributed by atoms with Gasteiger partial charge in [0.1, 0.15) is 0 Å². The number of amides is 1. The number of nitrogens with one attached hydrogen (secondary N) is 1. The lowest BCUT2D eigenvalue weighted by Crippen LogP contribution is -2.39. The largest absolute Gasteiger partial charge is 0.373 e. The molecule has 0 aromatic rings. The summed E-state index contributed by atoms with van der Waals surface area (Å²) in [5.41, 5.74) is 4.79. The van der Waals surface area contributed by atoms with Crippen molar-refractivity contribution in [1.29, 1.82) is 0 Å². The molecule has 0 saturated heterocycles. The Morgan fingerprint density at radius 1 is 1.14 bits per heavy atom. The molecule has 0 aliphatic heterocycles. The molecule has 3 N–H and O–H groups in total. The SMILES string of the molecule is CC(C)CC(=O)NCCC(C)(C)OCC(C)(C)OCCN. The van der Waals surface area contributed by atoms with E-state index in [-0.39, 0.29) is 17.1 Å². The molecule has 0 unspecified atom stereocenters. The fourth-order valence-corrected chi connectivity index (χ4v) is 1.76. The summed E-state index contributed by atoms with van der Waals surface area (Å²) in [6, 6.07) is 0. The number of carbonyl (C=O) groups is 1. The first kappa shape index (κ1) is 20.3. The highest BCUT2D eigenvalue weighted by Gasteiger charge is 2.25. The van der Waals surface area contributed by atoms with Gasteiger partial charge in [-0.25, -0.2) is 0 Å². The highest BCUT2D eigenvalue weighted by Crippen LogP contribution is 2.18. The maximum absolute atomic E-state index is 11.6. The maximum Gasteiger partial charge on any atom is 0.220 e. The summed E-state index contributed by atoms with van der Waals surface area (Å²) in [4.78, 5) is 11.6. The molecule has 5 nitrogen and oxygen atoms in total. The van der Waals surface area contributed by atoms with Crippen molar-refractivity contribution in [2.24, 2.45) is 11.7 Å². The van der Waals surface area contributed by atoms with Crippen LogP contribution in [0.3, 0.4) is 0 Å². The van der Waals surface area contributed by atoms with E-state index >= 15 is 0 Å². The van der Waals surface area contributed by atoms with Gasteiger partial charge in [0.2, 0.25) is 5.91 Å². The van der Waals surface area contributed by atoms with Crippen LogP contribution in [-0.4, -0.2) is 43.4 Å². The summed E-state index contributed by atoms with van der Waals surface area (Å²) in [7, 11) is 0. The van der Waals surface area contributed by atoms with E-state index in [2.05, 4.69) is 5.32 Å². The molecule has 0 aromatic carbocycles. The van der Waals surface area contributed by atoms with Crippen molar-refractivity contribution in [3.63, 3.8) is 0 Å². The van der Waals surface area contributed by atoms with Crippen LogP contribution >= 0.6 is 0 Å². The molecule has 0 bridgehead atoms. The van der Waals surface area contributed by atoms with E-state index in [9.17, 15) is 4.79 Å². The first-order valence-corrected chi connectivity index (χ1v) is 7.83. The van der Waals surface area contributed by atoms with Crippen LogP contribution in [0.25, 0.3) is 0 Å². The summed E-state index contributed by atoms with van der Waals surface area (Å²) in [5.74, 6) is 0.488. The molecule has 21 heavy (non-hydrogen) atoms. The smallest absolute Gasteiger partial charge is 0.220 e. The molecular formula is C16H34N2O3. The lowest BCUT2D eigenvalue weighted by Gasteiger charge is -2.32. The number of ether oxygens (including phenoxy) is 2. The molecule has 0 aliphatic rings. The predicted molar refractivity (Wildman–Crippen MR) is 86.2 cm³/mol. The Morgan fingerprint density at radius 2 is 1.76 bits per heavy atom. The van der Waals surface area contributed by atoms with Gasteiger partial charge in [-0.1, -0.05) is 13.8 Å². The van der Waals surface area contributed by atoms with Gasteiger partial charge < -0.3 is 20.5 Å². The Bertz CT molecular complexity index is 302. The van der Waals surface area contributed by atoms with Crippen LogP contribution in [-0.2, 0) is 14.3 Å². The molecule has 0 spiro atoms. The van der Waals surface area contributed by atoms with Gasteiger partial charge in [-0.2, -0.15) is 0 Å². The van der Waals surface area contributed by atoms with Crippen molar-refractivity contribution >= 4 is 5.91 Å². The normalized spacial score (nSPS) is 12.8. The summed E-state index contributed by atoms with van der Waals surface area (Å²) in [6.07, 6.45) is 1.34. The minimum Gasteiger partial charge on any atom is -0.373 e. The minimum absolute atomic E-state index is 0.104. The quantitative estimate of drug-likeness (QED) is 0.613. The monoisotopic (exact) mass is 302 g/mol. The van der Waals surface area contributed by atoms with Gasteiger partial charge in [-0.05, 0) is 40.0 Å². The number of nitrogens with two attached hydrogens (primary N) is 1. The number of carbonyl (C=O) groups excluding carboxylic acids is 1. The first-order valence-electron chi connectivity index (χ1n) is 7.83. The van der Waals surface area contributed by atoms with E-state index < -0.39 is 0 Å². The highest BCUT2D eigenvalue weighted by atomic mass is 16.6. The third-order valence-electron chi connectivity index (χ3n) is 3.06. The van der Waals surface area contributed by atoms with Gasteiger partial charge in [0.15, 0.2) is 0 Å². The van der Waals surface area contributed by atoms with Gasteiger partial charge in [0.25, 0.3) is 0 Å². The minimum atomic E-state index is -0.350. The van der Waals surface area contributed by atoms with Crippen LogP contribution in [0.4, 0.5) is 0 Å². The van der Waals surface area contributed by atoms with E-state index in [1.165, 1.54) is 0 Å². The zero-order valence-corrected chi connectivity index (χ0v) is 14.6. The fraction of sp³-hybridized carbons (Fsp3) is 0.938. The lowest BCUT2D eigenvalue weighted by molar-refractivity contribution is -0.125. The average Bonchev–Trinajstić information content (AvgIpc) is 2.33. The summed E-state index contributed by atoms with van der Waals surface area (Å²) >= 11 is 0. The van der Waals surface area contributed by atoms with Crippen LogP contribution in [0.2, 0.25) is 0 Å². The fourth-order valence-electron chi connectivity index (χ4n) is 1.76. The Kier molecular flexibility index (Phi) is 9.09. The van der Waals surface area contributed by atoms with Gasteiger partial charge in [0.05, 0.1) is 24.4 Å². The zero-order chi connectivity index (χ0) is 16.5. The van der Waals surface area contributed by atoms with E-state index in [1.54, 1.807) is 0 Å². The molecule has 5 heteroatoms. The second-order valence-electron chi connectivity index (χ2n) is 7.14. The molecule has 0 radical (unpaired) electrons. The Morgan fingerprint density at radius 3 is 2.29 bits per heavy atom. The summed E-state index contributed by atoms with van der Waals surface area (Å²) in [6.45, 7) is 14.3. The number of hydrogen-bond acceptors (Lipinski definition) is 4. The molecule has 0 heterocycles. The van der Waals surface area contributed by atoms with Crippen molar-refractivity contribution in [3.8, 4) is 0 Å². The van der Waals surface area contributed by atoms with Gasteiger partial charge in [-0.15, -0.1) is 0 Å². The zero-order valence-electron chi connectivity index (χ0n) is 14.6. The maximum atomic E-state index is 11.6. The van der Waals surface area contributed by atoms with E-state index in [1.807, 2.05) is 41.5 Å². The highest BCUT2D eigenvalue weighted by molar-refractivity contribution is 5.75. The number of hydrogen-bond donors (Lipinski definition) is 2. The third-order valence-corrected chi connectivity index (χ3v) is 3.06. The average molecular weight is 302 g/mol. The van der Waals surface area contributed by atoms with Crippen molar-refractivity contribution in [2.45, 2.75) is 65.6 Å². The standard InChI is InChI=1S/C16H34N2O3/c1-13(2)11-14(19)18-9-7-15(3,4)21-12-16(5,6)20-10-8-17/h13H,7-12,17H2,1-6H3,(H,18,19). The van der Waals surface area contributed by atoms with Crippen molar-refractivity contribution in [3.05, 3.63) is 0 Å². The molecule has 126 valence electrons. The molecular weight excluding hydrogens is 268 g/mol. The number of rotatable bonds is 11. The third kappa shape index (κ3) is 11.7. The van der Waals surface area contributed by atoms with Gasteiger partial charge >= 0.3 is 0 Å². The second-order valence-corrected chi connectivity index (χ2v) is 7.14. The molecule has 0 saturated carbocycles. The topological polar surface area (TPSA) is 73.6 Å². The van der Waals surface area contributed by atoms with E-state index in [0.29, 0.717) is 38.6 Å². The van der Waals surface area contributed by atoms with Gasteiger partial charge in [-0.3, -0.25) is 4.79 Å². The van der Waals surface area contributed by atoms with Crippen LogP contribution < -0.4 is 11.1 Å². The van der Waals surface area contributed by atoms with Crippen molar-refractivity contribution in [2.75, 3.05) is 26.3 Å². The molecule has 1 amide bonds. The molecule has 0 fully saturated rings. The second kappa shape index (κ2) is 9.38. The van der Waals surface area contributed by atoms with Gasteiger partial charge in [0, 0.05) is 19.5 Å². The molecule has 0 rings (SSSR count). The van der Waals surface area contributed by atoms with E-state index in [4.69, 9.17) is 15.2 Å². The molecule has 0 aromatic heterocycles. The Hall–Kier alpha value is -0.650. The van der Waals surface area contributed by atoms with Crippen LogP contribution in [0.5, 0.6) is 0 Å². The first-order chi connectivity index (χ1) is 9.58. The van der Waals surface area contributed by atoms with Crippen LogP contribution in [0.15, 0.2) is 0 Å². The molecule has 0 atom stereocenters. The molecule has 0 aliphatic carbocycles. The summed E-state index contributed by atoms with van der Waals surface area (Å²) < 4.78 is 11.6. The predicted octanol–water partition coefficient (Wildman–Crippen LogP) is 2.09. The Balaban J connectivity index is 4.00. The Labute approximate surface area is 129 Å². The van der Waals surface area contributed by atoms with Crippen LogP contribution in [0.1, 0.15) is 54.4 Å².